The molecule has 1 amide bonds. The van der Waals surface area contributed by atoms with Gasteiger partial charge in [0.05, 0.1) is 6.42 Å². The molecule has 130 valence electrons. The molecule has 1 aromatic heterocycles. The van der Waals surface area contributed by atoms with Gasteiger partial charge in [0.15, 0.2) is 5.69 Å². The molecule has 0 bridgehead atoms. The van der Waals surface area contributed by atoms with Crippen molar-refractivity contribution in [3.63, 3.8) is 0 Å². The Kier molecular flexibility index (Phi) is 5.58. The summed E-state index contributed by atoms with van der Waals surface area (Å²) in [6, 6.07) is 6.61. The number of aryl methyl sites for hydroxylation is 2. The normalized spacial score (nSPS) is 11.5. The average Bonchev–Trinajstić information content (AvgIpc) is 2.87. The monoisotopic (exact) mass is 343 g/mol. The Morgan fingerprint density at radius 1 is 1.25 bits per heavy atom. The Morgan fingerprint density at radius 2 is 1.92 bits per heavy atom. The van der Waals surface area contributed by atoms with E-state index in [0.29, 0.717) is 24.2 Å². The molecule has 2 rings (SSSR count). The van der Waals surface area contributed by atoms with Crippen molar-refractivity contribution in [3.05, 3.63) is 53.1 Å². The molecule has 2 aromatic rings. The summed E-state index contributed by atoms with van der Waals surface area (Å²) in [6.45, 7) is 2.15. The van der Waals surface area contributed by atoms with Gasteiger partial charge in [-0.2, -0.15) is 18.3 Å². The van der Waals surface area contributed by atoms with Crippen LogP contribution in [0.1, 0.15) is 23.4 Å². The molecule has 0 saturated heterocycles. The lowest BCUT2D eigenvalue weighted by molar-refractivity contribution is -0.141. The van der Waals surface area contributed by atoms with Crippen molar-refractivity contribution in [3.8, 4) is 0 Å². The average molecular weight is 343 g/mol. The van der Waals surface area contributed by atoms with E-state index in [9.17, 15) is 22.4 Å². The lowest BCUT2D eigenvalue weighted by Gasteiger charge is -2.07. The van der Waals surface area contributed by atoms with E-state index in [-0.39, 0.29) is 24.7 Å². The van der Waals surface area contributed by atoms with Crippen LogP contribution in [0, 0.1) is 12.7 Å². The van der Waals surface area contributed by atoms with Crippen LogP contribution in [0.3, 0.4) is 0 Å². The van der Waals surface area contributed by atoms with Gasteiger partial charge in [-0.25, -0.2) is 4.39 Å². The first-order chi connectivity index (χ1) is 11.3. The highest BCUT2D eigenvalue weighted by Crippen LogP contribution is 2.28. The van der Waals surface area contributed by atoms with Crippen LogP contribution >= 0.6 is 0 Å². The van der Waals surface area contributed by atoms with Gasteiger partial charge in [0, 0.05) is 18.8 Å². The SMILES string of the molecule is Cc1cc(C(F)(F)F)nn1CCCNC(=O)Cc1ccc(F)cc1. The Morgan fingerprint density at radius 3 is 2.50 bits per heavy atom. The minimum Gasteiger partial charge on any atom is -0.356 e. The number of benzene rings is 1. The second-order valence-electron chi connectivity index (χ2n) is 5.40. The second kappa shape index (κ2) is 7.46. The third-order valence-electron chi connectivity index (χ3n) is 3.42. The maximum atomic E-state index is 12.8. The second-order valence-corrected chi connectivity index (χ2v) is 5.40. The molecule has 0 aliphatic heterocycles. The van der Waals surface area contributed by atoms with E-state index in [2.05, 4.69) is 10.4 Å². The molecular formula is C16H17F4N3O. The largest absolute Gasteiger partial charge is 0.435 e. The van der Waals surface area contributed by atoms with E-state index in [4.69, 9.17) is 0 Å². The van der Waals surface area contributed by atoms with E-state index in [1.807, 2.05) is 0 Å². The molecule has 0 fully saturated rings. The van der Waals surface area contributed by atoms with Gasteiger partial charge >= 0.3 is 6.18 Å². The standard InChI is InChI=1S/C16H17F4N3O/c1-11-9-14(16(18,19)20)22-23(11)8-2-7-21-15(24)10-12-3-5-13(17)6-4-12/h3-6,9H,2,7-8,10H2,1H3,(H,21,24). The number of carbonyl (C=O) groups excluding carboxylic acids is 1. The van der Waals surface area contributed by atoms with Gasteiger partial charge in [-0.05, 0) is 37.1 Å². The molecule has 0 saturated carbocycles. The van der Waals surface area contributed by atoms with Crippen LogP contribution in [0.25, 0.3) is 0 Å². The molecule has 8 heteroatoms. The van der Waals surface area contributed by atoms with Crippen LogP contribution in [0.4, 0.5) is 17.6 Å². The number of nitrogens with one attached hydrogen (secondary N) is 1. The molecule has 0 aliphatic carbocycles. The summed E-state index contributed by atoms with van der Waals surface area (Å²) in [5.41, 5.74) is 0.187. The molecule has 4 nitrogen and oxygen atoms in total. The number of alkyl halides is 3. The fourth-order valence-electron chi connectivity index (χ4n) is 2.18. The zero-order chi connectivity index (χ0) is 17.7. The number of hydrogen-bond acceptors (Lipinski definition) is 2. The topological polar surface area (TPSA) is 46.9 Å². The van der Waals surface area contributed by atoms with Crippen molar-refractivity contribution in [2.24, 2.45) is 0 Å². The Bertz CT molecular complexity index is 692. The van der Waals surface area contributed by atoms with E-state index in [0.717, 1.165) is 6.07 Å². The van der Waals surface area contributed by atoms with Gasteiger partial charge in [-0.15, -0.1) is 0 Å². The molecule has 1 heterocycles. The van der Waals surface area contributed by atoms with Crippen molar-refractivity contribution < 1.29 is 22.4 Å². The first kappa shape index (κ1) is 18.0. The highest BCUT2D eigenvalue weighted by atomic mass is 19.4. The van der Waals surface area contributed by atoms with Gasteiger partial charge in [0.1, 0.15) is 5.82 Å². The summed E-state index contributed by atoms with van der Waals surface area (Å²) in [4.78, 5) is 11.7. The quantitative estimate of drug-likeness (QED) is 0.647. The van der Waals surface area contributed by atoms with Crippen molar-refractivity contribution in [1.29, 1.82) is 0 Å². The minimum atomic E-state index is -4.46. The maximum absolute atomic E-state index is 12.8. The first-order valence-corrected chi connectivity index (χ1v) is 7.38. The summed E-state index contributed by atoms with van der Waals surface area (Å²) in [7, 11) is 0. The lowest BCUT2D eigenvalue weighted by atomic mass is 10.1. The number of halogens is 4. The summed E-state index contributed by atoms with van der Waals surface area (Å²) < 4.78 is 51.7. The smallest absolute Gasteiger partial charge is 0.356 e. The van der Waals surface area contributed by atoms with Crippen molar-refractivity contribution in [2.75, 3.05) is 6.54 Å². The van der Waals surface area contributed by atoms with E-state index < -0.39 is 11.9 Å². The van der Waals surface area contributed by atoms with E-state index >= 15 is 0 Å². The molecule has 0 atom stereocenters. The van der Waals surface area contributed by atoms with Gasteiger partial charge in [0.2, 0.25) is 5.91 Å². The van der Waals surface area contributed by atoms with Crippen molar-refractivity contribution in [1.82, 2.24) is 15.1 Å². The molecule has 0 spiro atoms. The van der Waals surface area contributed by atoms with E-state index in [1.54, 1.807) is 6.92 Å². The summed E-state index contributed by atoms with van der Waals surface area (Å²) >= 11 is 0. The number of carbonyl (C=O) groups is 1. The highest BCUT2D eigenvalue weighted by molar-refractivity contribution is 5.78. The van der Waals surface area contributed by atoms with Gasteiger partial charge < -0.3 is 5.32 Å². The minimum absolute atomic E-state index is 0.124. The molecule has 1 aromatic carbocycles. The van der Waals surface area contributed by atoms with Crippen LogP contribution in [0.5, 0.6) is 0 Å². The molecule has 1 N–H and O–H groups in total. The Labute approximate surface area is 136 Å². The predicted octanol–water partition coefficient (Wildman–Crippen LogP) is 3.10. The molecule has 24 heavy (non-hydrogen) atoms. The fraction of sp³-hybridized carbons (Fsp3) is 0.375. The molecule has 0 aliphatic rings. The van der Waals surface area contributed by atoms with Crippen molar-refractivity contribution >= 4 is 5.91 Å². The molecule has 0 unspecified atom stereocenters. The number of aromatic nitrogens is 2. The third-order valence-corrected chi connectivity index (χ3v) is 3.42. The van der Waals surface area contributed by atoms with Gasteiger partial charge in [0.25, 0.3) is 0 Å². The van der Waals surface area contributed by atoms with Gasteiger partial charge in [-0.1, -0.05) is 12.1 Å². The number of hydrogen-bond donors (Lipinski definition) is 1. The summed E-state index contributed by atoms with van der Waals surface area (Å²) in [6.07, 6.45) is -3.88. The number of amides is 1. The van der Waals surface area contributed by atoms with Crippen LogP contribution in [-0.4, -0.2) is 22.2 Å². The lowest BCUT2D eigenvalue weighted by Crippen LogP contribution is -2.27. The van der Waals surface area contributed by atoms with Crippen LogP contribution in [-0.2, 0) is 23.9 Å². The summed E-state index contributed by atoms with van der Waals surface area (Å²) in [5, 5.41) is 6.19. The fourth-order valence-corrected chi connectivity index (χ4v) is 2.18. The Balaban J connectivity index is 1.75. The van der Waals surface area contributed by atoms with Gasteiger partial charge in [-0.3, -0.25) is 9.48 Å². The van der Waals surface area contributed by atoms with Crippen molar-refractivity contribution in [2.45, 2.75) is 32.5 Å². The van der Waals surface area contributed by atoms with Crippen LogP contribution < -0.4 is 5.32 Å². The Hall–Kier alpha value is -2.38. The summed E-state index contributed by atoms with van der Waals surface area (Å²) in [5.74, 6) is -0.596. The van der Waals surface area contributed by atoms with Crippen LogP contribution in [0.2, 0.25) is 0 Å². The van der Waals surface area contributed by atoms with E-state index in [1.165, 1.54) is 28.9 Å². The predicted molar refractivity (Wildman–Crippen MR) is 79.7 cm³/mol. The maximum Gasteiger partial charge on any atom is 0.435 e. The zero-order valence-electron chi connectivity index (χ0n) is 13.0. The molecule has 0 radical (unpaired) electrons. The third kappa shape index (κ3) is 5.07. The van der Waals surface area contributed by atoms with Crippen LogP contribution in [0.15, 0.2) is 30.3 Å². The molecular weight excluding hydrogens is 326 g/mol. The highest BCUT2D eigenvalue weighted by Gasteiger charge is 2.34. The first-order valence-electron chi connectivity index (χ1n) is 7.38. The zero-order valence-corrected chi connectivity index (χ0v) is 13.0. The number of nitrogens with zero attached hydrogens (tertiary/aromatic N) is 2. The number of rotatable bonds is 6.